The molecule has 1 saturated heterocycles. The van der Waals surface area contributed by atoms with E-state index in [4.69, 9.17) is 0 Å². The summed E-state index contributed by atoms with van der Waals surface area (Å²) < 4.78 is 13.0. The molecule has 1 aliphatic carbocycles. The summed E-state index contributed by atoms with van der Waals surface area (Å²) in [5.41, 5.74) is 1.03. The van der Waals surface area contributed by atoms with Crippen molar-refractivity contribution in [1.29, 1.82) is 0 Å². The Kier molecular flexibility index (Phi) is 5.00. The largest absolute Gasteiger partial charge is 0.375 e. The molecule has 7 nitrogen and oxygen atoms in total. The van der Waals surface area contributed by atoms with Crippen LogP contribution in [0.2, 0.25) is 0 Å². The molecule has 2 amide bonds. The molecule has 2 aromatic rings. The number of nitrogens with zero attached hydrogens (tertiary/aromatic N) is 2. The number of anilines is 2. The van der Waals surface area contributed by atoms with Gasteiger partial charge in [0.1, 0.15) is 11.5 Å². The maximum absolute atomic E-state index is 13.0. The average molecular weight is 397 g/mol. The van der Waals surface area contributed by atoms with Crippen molar-refractivity contribution in [2.75, 3.05) is 10.2 Å². The van der Waals surface area contributed by atoms with E-state index in [0.29, 0.717) is 12.8 Å². The minimum absolute atomic E-state index is 0.222. The number of imide groups is 1. The lowest BCUT2D eigenvalue weighted by molar-refractivity contribution is -0.383. The molecule has 2 aromatic carbocycles. The molecule has 8 heteroatoms. The first-order valence-electron chi connectivity index (χ1n) is 9.60. The number of fused-ring (bicyclic) bond motifs is 1. The van der Waals surface area contributed by atoms with Crippen LogP contribution in [0.4, 0.5) is 21.5 Å². The quantitative estimate of drug-likeness (QED) is 0.467. The van der Waals surface area contributed by atoms with Gasteiger partial charge in [0.05, 0.1) is 22.4 Å². The maximum Gasteiger partial charge on any atom is 0.294 e. The van der Waals surface area contributed by atoms with Gasteiger partial charge in [-0.1, -0.05) is 25.0 Å². The van der Waals surface area contributed by atoms with E-state index in [9.17, 15) is 24.1 Å². The SMILES string of the molecule is O=C1C2CCCCC2C(=O)N1c1ccc(NCc2ccc(F)cc2)c([N+](=O)[O-])c1. The van der Waals surface area contributed by atoms with Crippen molar-refractivity contribution in [2.45, 2.75) is 32.2 Å². The van der Waals surface area contributed by atoms with Crippen LogP contribution in [0.1, 0.15) is 31.2 Å². The summed E-state index contributed by atoms with van der Waals surface area (Å²) in [5, 5.41) is 14.6. The van der Waals surface area contributed by atoms with Crippen LogP contribution in [0.5, 0.6) is 0 Å². The van der Waals surface area contributed by atoms with E-state index in [2.05, 4.69) is 5.32 Å². The van der Waals surface area contributed by atoms with E-state index < -0.39 is 4.92 Å². The van der Waals surface area contributed by atoms with Crippen molar-refractivity contribution in [3.05, 3.63) is 64.0 Å². The first-order chi connectivity index (χ1) is 14.0. The van der Waals surface area contributed by atoms with Crippen molar-refractivity contribution in [3.63, 3.8) is 0 Å². The molecule has 0 bridgehead atoms. The van der Waals surface area contributed by atoms with E-state index in [1.54, 1.807) is 18.2 Å². The fourth-order valence-corrected chi connectivity index (χ4v) is 4.18. The zero-order valence-corrected chi connectivity index (χ0v) is 15.6. The molecule has 1 aliphatic heterocycles. The number of amides is 2. The van der Waals surface area contributed by atoms with Crippen molar-refractivity contribution in [2.24, 2.45) is 11.8 Å². The van der Waals surface area contributed by atoms with E-state index in [1.807, 2.05) is 0 Å². The minimum Gasteiger partial charge on any atom is -0.375 e. The number of carbonyl (C=O) groups excluding carboxylic acids is 2. The molecular weight excluding hydrogens is 377 g/mol. The molecule has 150 valence electrons. The highest BCUT2D eigenvalue weighted by atomic mass is 19.1. The number of rotatable bonds is 5. The van der Waals surface area contributed by atoms with Gasteiger partial charge >= 0.3 is 0 Å². The molecule has 0 radical (unpaired) electrons. The van der Waals surface area contributed by atoms with Crippen LogP contribution in [0.3, 0.4) is 0 Å². The lowest BCUT2D eigenvalue weighted by Gasteiger charge is -2.19. The van der Waals surface area contributed by atoms with Crippen LogP contribution in [0.15, 0.2) is 42.5 Å². The second kappa shape index (κ2) is 7.62. The number of carbonyl (C=O) groups is 2. The third-order valence-electron chi connectivity index (χ3n) is 5.67. The highest BCUT2D eigenvalue weighted by molar-refractivity contribution is 6.22. The van der Waals surface area contributed by atoms with Crippen molar-refractivity contribution < 1.29 is 18.9 Å². The molecule has 0 spiro atoms. The van der Waals surface area contributed by atoms with Crippen LogP contribution < -0.4 is 10.2 Å². The fraction of sp³-hybridized carbons (Fsp3) is 0.333. The summed E-state index contributed by atoms with van der Waals surface area (Å²) in [4.78, 5) is 37.6. The summed E-state index contributed by atoms with van der Waals surface area (Å²) in [6.45, 7) is 0.270. The molecule has 4 rings (SSSR count). The molecule has 1 heterocycles. The van der Waals surface area contributed by atoms with Crippen LogP contribution >= 0.6 is 0 Å². The van der Waals surface area contributed by atoms with E-state index >= 15 is 0 Å². The monoisotopic (exact) mass is 397 g/mol. The van der Waals surface area contributed by atoms with E-state index in [0.717, 1.165) is 23.3 Å². The van der Waals surface area contributed by atoms with Crippen LogP contribution in [0, 0.1) is 27.8 Å². The van der Waals surface area contributed by atoms with Crippen LogP contribution in [0.25, 0.3) is 0 Å². The highest BCUT2D eigenvalue weighted by Crippen LogP contribution is 2.41. The highest BCUT2D eigenvalue weighted by Gasteiger charge is 2.49. The van der Waals surface area contributed by atoms with Gasteiger partial charge in [0.15, 0.2) is 0 Å². The molecular formula is C21H20FN3O4. The van der Waals surface area contributed by atoms with Gasteiger partial charge in [-0.15, -0.1) is 0 Å². The third kappa shape index (κ3) is 3.57. The zero-order valence-electron chi connectivity index (χ0n) is 15.6. The summed E-state index contributed by atoms with van der Waals surface area (Å²) >= 11 is 0. The first-order valence-corrected chi connectivity index (χ1v) is 9.60. The lowest BCUT2D eigenvalue weighted by Crippen LogP contribution is -2.30. The summed E-state index contributed by atoms with van der Waals surface area (Å²) in [7, 11) is 0. The van der Waals surface area contributed by atoms with Gasteiger partial charge < -0.3 is 5.32 Å². The van der Waals surface area contributed by atoms with Gasteiger partial charge in [0.2, 0.25) is 11.8 Å². The predicted octanol–water partition coefficient (Wildman–Crippen LogP) is 4.03. The normalized spacial score (nSPS) is 21.2. The Morgan fingerprint density at radius 1 is 1.03 bits per heavy atom. The topological polar surface area (TPSA) is 92.6 Å². The second-order valence-electron chi connectivity index (χ2n) is 7.45. The number of benzene rings is 2. The van der Waals surface area contributed by atoms with E-state index in [1.165, 1.54) is 24.3 Å². The molecule has 29 heavy (non-hydrogen) atoms. The summed E-state index contributed by atoms with van der Waals surface area (Å²) in [6, 6.07) is 10.1. The number of nitro benzene ring substituents is 1. The Hall–Kier alpha value is -3.29. The molecule has 1 saturated carbocycles. The number of nitrogens with one attached hydrogen (secondary N) is 1. The Morgan fingerprint density at radius 3 is 2.24 bits per heavy atom. The standard InChI is InChI=1S/C21H20FN3O4/c22-14-7-5-13(6-8-14)12-23-18-10-9-15(11-19(18)25(28)29)24-20(26)16-3-1-2-4-17(16)21(24)27/h5-11,16-17,23H,1-4,12H2. The van der Waals surface area contributed by atoms with Gasteiger partial charge in [0.25, 0.3) is 5.69 Å². The average Bonchev–Trinajstić information content (AvgIpc) is 2.98. The van der Waals surface area contributed by atoms with Gasteiger partial charge in [-0.3, -0.25) is 19.7 Å². The van der Waals surface area contributed by atoms with Crippen LogP contribution in [-0.2, 0) is 16.1 Å². The van der Waals surface area contributed by atoms with Crippen molar-refractivity contribution >= 4 is 28.9 Å². The van der Waals surface area contributed by atoms with Crippen molar-refractivity contribution in [3.8, 4) is 0 Å². The maximum atomic E-state index is 13.0. The Morgan fingerprint density at radius 2 is 1.66 bits per heavy atom. The molecule has 2 fully saturated rings. The lowest BCUT2D eigenvalue weighted by atomic mass is 9.81. The number of halogens is 1. The summed E-state index contributed by atoms with van der Waals surface area (Å²) in [6.07, 6.45) is 3.21. The number of hydrogen-bond donors (Lipinski definition) is 1. The third-order valence-corrected chi connectivity index (χ3v) is 5.67. The van der Waals surface area contributed by atoms with Gasteiger partial charge in [-0.2, -0.15) is 0 Å². The van der Waals surface area contributed by atoms with Gasteiger partial charge in [0, 0.05) is 12.6 Å². The molecule has 2 aliphatic rings. The fourth-order valence-electron chi connectivity index (χ4n) is 4.18. The summed E-state index contributed by atoms with van der Waals surface area (Å²) in [5.74, 6) is -1.51. The number of hydrogen-bond acceptors (Lipinski definition) is 5. The Balaban J connectivity index is 1.59. The van der Waals surface area contributed by atoms with Gasteiger partial charge in [-0.05, 0) is 42.7 Å². The van der Waals surface area contributed by atoms with Crippen LogP contribution in [-0.4, -0.2) is 16.7 Å². The Labute approximate surface area is 166 Å². The zero-order chi connectivity index (χ0) is 20.5. The molecule has 0 aromatic heterocycles. The predicted molar refractivity (Wildman–Crippen MR) is 105 cm³/mol. The van der Waals surface area contributed by atoms with E-state index in [-0.39, 0.29) is 53.1 Å². The van der Waals surface area contributed by atoms with Crippen molar-refractivity contribution in [1.82, 2.24) is 0 Å². The molecule has 2 unspecified atom stereocenters. The minimum atomic E-state index is -0.547. The Bertz CT molecular complexity index is 952. The smallest absolute Gasteiger partial charge is 0.294 e. The van der Waals surface area contributed by atoms with Gasteiger partial charge in [-0.25, -0.2) is 9.29 Å². The molecule has 1 N–H and O–H groups in total. The number of nitro groups is 1. The molecule has 2 atom stereocenters. The second-order valence-corrected chi connectivity index (χ2v) is 7.45. The first kappa shape index (κ1) is 19.0.